The molecule has 0 fully saturated rings. The molecule has 0 saturated carbocycles. The molecular weight excluding hydrogens is 396 g/mol. The van der Waals surface area contributed by atoms with Gasteiger partial charge >= 0.3 is 12.1 Å². The number of carboxylic acids is 1. The third kappa shape index (κ3) is 4.87. The van der Waals surface area contributed by atoms with Gasteiger partial charge in [0.2, 0.25) is 5.91 Å². The molecule has 7 nitrogen and oxygen atoms in total. The highest BCUT2D eigenvalue weighted by atomic mass is 16.5. The Labute approximate surface area is 182 Å². The Hall–Kier alpha value is -3.35. The minimum Gasteiger partial charge on any atom is -0.480 e. The summed E-state index contributed by atoms with van der Waals surface area (Å²) in [5, 5.41) is 11.9. The van der Waals surface area contributed by atoms with Crippen molar-refractivity contribution in [3.8, 4) is 11.1 Å². The van der Waals surface area contributed by atoms with Crippen molar-refractivity contribution in [3.05, 3.63) is 59.7 Å². The van der Waals surface area contributed by atoms with Crippen LogP contribution in [0.4, 0.5) is 4.79 Å². The first-order valence-corrected chi connectivity index (χ1v) is 10.4. The van der Waals surface area contributed by atoms with Gasteiger partial charge in [-0.15, -0.1) is 0 Å². The van der Waals surface area contributed by atoms with E-state index in [-0.39, 0.29) is 24.9 Å². The van der Waals surface area contributed by atoms with Crippen LogP contribution in [0, 0.1) is 0 Å². The summed E-state index contributed by atoms with van der Waals surface area (Å²) in [6.45, 7) is 3.59. The lowest BCUT2D eigenvalue weighted by Gasteiger charge is -2.25. The van der Waals surface area contributed by atoms with E-state index in [9.17, 15) is 19.5 Å². The molecule has 0 heterocycles. The van der Waals surface area contributed by atoms with E-state index in [2.05, 4.69) is 17.4 Å². The van der Waals surface area contributed by atoms with E-state index in [1.54, 1.807) is 13.8 Å². The van der Waals surface area contributed by atoms with Crippen LogP contribution in [-0.4, -0.2) is 53.7 Å². The number of carboxylic acid groups (broad SMARTS) is 1. The number of benzene rings is 2. The fourth-order valence-corrected chi connectivity index (χ4v) is 4.09. The standard InChI is InChI=1S/C24H28N2O5/c1-4-21(23(28)29)26(3)22(27)13-15(2)25-24(30)31-14-20-18-11-7-5-9-16(18)17-10-6-8-12-19(17)20/h5-12,15,20-21H,4,13-14H2,1-3H3,(H,25,30)(H,28,29)/t15-,21?/m0/s1. The average molecular weight is 424 g/mol. The highest BCUT2D eigenvalue weighted by Gasteiger charge is 2.29. The molecule has 0 aromatic heterocycles. The van der Waals surface area contributed by atoms with Crippen LogP contribution in [0.5, 0.6) is 0 Å². The van der Waals surface area contributed by atoms with Gasteiger partial charge in [-0.3, -0.25) is 4.79 Å². The molecule has 164 valence electrons. The fourth-order valence-electron chi connectivity index (χ4n) is 4.09. The molecule has 0 radical (unpaired) electrons. The summed E-state index contributed by atoms with van der Waals surface area (Å²) in [5.41, 5.74) is 4.55. The zero-order valence-corrected chi connectivity index (χ0v) is 18.0. The first kappa shape index (κ1) is 22.3. The highest BCUT2D eigenvalue weighted by Crippen LogP contribution is 2.44. The van der Waals surface area contributed by atoms with Gasteiger partial charge in [-0.1, -0.05) is 55.5 Å². The van der Waals surface area contributed by atoms with Crippen LogP contribution in [0.3, 0.4) is 0 Å². The predicted octanol–water partition coefficient (Wildman–Crippen LogP) is 3.63. The molecule has 1 aliphatic carbocycles. The Morgan fingerprint density at radius 2 is 1.61 bits per heavy atom. The van der Waals surface area contributed by atoms with Crippen molar-refractivity contribution in [2.24, 2.45) is 0 Å². The lowest BCUT2D eigenvalue weighted by atomic mass is 9.98. The molecule has 2 aromatic rings. The summed E-state index contributed by atoms with van der Waals surface area (Å²) in [4.78, 5) is 37.1. The molecule has 0 spiro atoms. The van der Waals surface area contributed by atoms with E-state index in [1.165, 1.54) is 11.9 Å². The van der Waals surface area contributed by atoms with Gasteiger partial charge in [0.05, 0.1) is 0 Å². The summed E-state index contributed by atoms with van der Waals surface area (Å²) in [6, 6.07) is 14.8. The van der Waals surface area contributed by atoms with E-state index >= 15 is 0 Å². The molecule has 2 atom stereocenters. The van der Waals surface area contributed by atoms with Crippen LogP contribution in [0.2, 0.25) is 0 Å². The number of likely N-dealkylation sites (N-methyl/N-ethyl adjacent to an activating group) is 1. The fraction of sp³-hybridized carbons (Fsp3) is 0.375. The van der Waals surface area contributed by atoms with Crippen LogP contribution in [-0.2, 0) is 14.3 Å². The quantitative estimate of drug-likeness (QED) is 0.675. The van der Waals surface area contributed by atoms with Gasteiger partial charge < -0.3 is 20.1 Å². The second-order valence-electron chi connectivity index (χ2n) is 7.84. The summed E-state index contributed by atoms with van der Waals surface area (Å²) in [7, 11) is 1.46. The number of carbonyl (C=O) groups is 3. The number of fused-ring (bicyclic) bond motifs is 3. The van der Waals surface area contributed by atoms with E-state index in [0.717, 1.165) is 22.3 Å². The Balaban J connectivity index is 1.56. The maximum absolute atomic E-state index is 12.4. The summed E-state index contributed by atoms with van der Waals surface area (Å²) in [5.74, 6) is -1.43. The van der Waals surface area contributed by atoms with Crippen molar-refractivity contribution in [2.75, 3.05) is 13.7 Å². The van der Waals surface area contributed by atoms with Gasteiger partial charge in [-0.05, 0) is 35.6 Å². The van der Waals surface area contributed by atoms with Crippen molar-refractivity contribution in [1.82, 2.24) is 10.2 Å². The molecule has 0 aliphatic heterocycles. The van der Waals surface area contributed by atoms with Crippen molar-refractivity contribution in [3.63, 3.8) is 0 Å². The third-order valence-corrected chi connectivity index (χ3v) is 5.72. The zero-order chi connectivity index (χ0) is 22.5. The molecular formula is C24H28N2O5. The average Bonchev–Trinajstić information content (AvgIpc) is 3.06. The molecule has 7 heteroatoms. The number of nitrogens with zero attached hydrogens (tertiary/aromatic N) is 1. The Kier molecular flexibility index (Phi) is 6.95. The second-order valence-corrected chi connectivity index (χ2v) is 7.84. The number of alkyl carbamates (subject to hydrolysis) is 1. The molecule has 0 saturated heterocycles. The van der Waals surface area contributed by atoms with E-state index in [0.29, 0.717) is 6.42 Å². The van der Waals surface area contributed by atoms with Crippen molar-refractivity contribution in [1.29, 1.82) is 0 Å². The summed E-state index contributed by atoms with van der Waals surface area (Å²) < 4.78 is 5.49. The number of hydrogen-bond donors (Lipinski definition) is 2. The Morgan fingerprint density at radius 1 is 1.06 bits per heavy atom. The molecule has 31 heavy (non-hydrogen) atoms. The maximum atomic E-state index is 12.4. The van der Waals surface area contributed by atoms with E-state index in [1.807, 2.05) is 36.4 Å². The number of rotatable bonds is 8. The molecule has 2 amide bonds. The van der Waals surface area contributed by atoms with Gasteiger partial charge in [-0.2, -0.15) is 0 Å². The molecule has 3 rings (SSSR count). The van der Waals surface area contributed by atoms with Gasteiger partial charge in [0, 0.05) is 25.4 Å². The third-order valence-electron chi connectivity index (χ3n) is 5.72. The van der Waals surface area contributed by atoms with Crippen LogP contribution >= 0.6 is 0 Å². The lowest BCUT2D eigenvalue weighted by molar-refractivity contribution is -0.149. The number of ether oxygens (including phenoxy) is 1. The Morgan fingerprint density at radius 3 is 2.13 bits per heavy atom. The molecule has 2 N–H and O–H groups in total. The predicted molar refractivity (Wildman–Crippen MR) is 117 cm³/mol. The SMILES string of the molecule is CCC(C(=O)O)N(C)C(=O)C[C@H](C)NC(=O)OCC1c2ccccc2-c2ccccc21. The van der Waals surface area contributed by atoms with Crippen molar-refractivity contribution in [2.45, 2.75) is 44.7 Å². The van der Waals surface area contributed by atoms with E-state index in [4.69, 9.17) is 4.74 Å². The number of amides is 2. The lowest BCUT2D eigenvalue weighted by Crippen LogP contribution is -2.45. The van der Waals surface area contributed by atoms with Crippen LogP contribution < -0.4 is 5.32 Å². The summed E-state index contributed by atoms with van der Waals surface area (Å²) in [6.07, 6.45) is -0.300. The van der Waals surface area contributed by atoms with Gasteiger partial charge in [0.15, 0.2) is 0 Å². The first-order chi connectivity index (χ1) is 14.8. The highest BCUT2D eigenvalue weighted by molar-refractivity contribution is 5.84. The van der Waals surface area contributed by atoms with Gasteiger partial charge in [-0.25, -0.2) is 9.59 Å². The molecule has 2 aromatic carbocycles. The number of carbonyl (C=O) groups excluding carboxylic acids is 2. The normalized spacial score (nSPS) is 14.2. The molecule has 0 bridgehead atoms. The number of aliphatic carboxylic acids is 1. The van der Waals surface area contributed by atoms with Gasteiger partial charge in [0.25, 0.3) is 0 Å². The molecule has 1 aliphatic rings. The van der Waals surface area contributed by atoms with E-state index < -0.39 is 24.1 Å². The van der Waals surface area contributed by atoms with Crippen molar-refractivity contribution >= 4 is 18.0 Å². The minimum absolute atomic E-state index is 0.00945. The van der Waals surface area contributed by atoms with Crippen LogP contribution in [0.25, 0.3) is 11.1 Å². The number of hydrogen-bond acceptors (Lipinski definition) is 4. The topological polar surface area (TPSA) is 95.9 Å². The summed E-state index contributed by atoms with van der Waals surface area (Å²) >= 11 is 0. The van der Waals surface area contributed by atoms with Crippen LogP contribution in [0.1, 0.15) is 43.7 Å². The largest absolute Gasteiger partial charge is 0.480 e. The number of nitrogens with one attached hydrogen (secondary N) is 1. The second kappa shape index (κ2) is 9.64. The van der Waals surface area contributed by atoms with Crippen molar-refractivity contribution < 1.29 is 24.2 Å². The first-order valence-electron chi connectivity index (χ1n) is 10.4. The minimum atomic E-state index is -1.05. The zero-order valence-electron chi connectivity index (χ0n) is 18.0. The van der Waals surface area contributed by atoms with Gasteiger partial charge in [0.1, 0.15) is 12.6 Å². The smallest absolute Gasteiger partial charge is 0.407 e. The Bertz CT molecular complexity index is 928. The monoisotopic (exact) mass is 424 g/mol. The molecule has 1 unspecified atom stereocenters. The maximum Gasteiger partial charge on any atom is 0.407 e. The van der Waals surface area contributed by atoms with Crippen LogP contribution in [0.15, 0.2) is 48.5 Å².